The molecule has 3 aromatic rings. The normalized spacial score (nSPS) is 17.0. The van der Waals surface area contributed by atoms with Gasteiger partial charge in [0.05, 0.1) is 12.3 Å². The van der Waals surface area contributed by atoms with Crippen molar-refractivity contribution >= 4 is 23.0 Å². The highest BCUT2D eigenvalue weighted by atomic mass is 19.1. The lowest BCUT2D eigenvalue weighted by Gasteiger charge is -2.45. The van der Waals surface area contributed by atoms with Gasteiger partial charge in [-0.1, -0.05) is 46.8 Å². The van der Waals surface area contributed by atoms with Gasteiger partial charge in [-0.2, -0.15) is 0 Å². The van der Waals surface area contributed by atoms with E-state index in [1.54, 1.807) is 26.0 Å². The second-order valence-electron chi connectivity index (χ2n) is 11.7. The van der Waals surface area contributed by atoms with Gasteiger partial charge in [0.25, 0.3) is 5.91 Å². The molecule has 7 heteroatoms. The lowest BCUT2D eigenvalue weighted by atomic mass is 9.81. The number of rotatable bonds is 5. The van der Waals surface area contributed by atoms with E-state index in [4.69, 9.17) is 14.1 Å². The van der Waals surface area contributed by atoms with Crippen molar-refractivity contribution in [3.8, 4) is 11.3 Å². The van der Waals surface area contributed by atoms with E-state index in [9.17, 15) is 14.0 Å². The molecule has 1 saturated heterocycles. The van der Waals surface area contributed by atoms with Crippen LogP contribution in [0.2, 0.25) is 0 Å². The van der Waals surface area contributed by atoms with Gasteiger partial charge in [0, 0.05) is 35.7 Å². The van der Waals surface area contributed by atoms with E-state index < -0.39 is 5.54 Å². The Hall–Kier alpha value is -3.22. The van der Waals surface area contributed by atoms with Gasteiger partial charge in [-0.25, -0.2) is 9.37 Å². The van der Waals surface area contributed by atoms with Gasteiger partial charge >= 0.3 is 5.97 Å². The fourth-order valence-corrected chi connectivity index (χ4v) is 5.26. The van der Waals surface area contributed by atoms with Crippen molar-refractivity contribution in [3.63, 3.8) is 0 Å². The van der Waals surface area contributed by atoms with Crippen LogP contribution in [-0.4, -0.2) is 40.5 Å². The third-order valence-electron chi connectivity index (χ3n) is 7.25. The number of ether oxygens (including phenoxy) is 1. The predicted molar refractivity (Wildman–Crippen MR) is 153 cm³/mol. The first kappa shape index (κ1) is 30.3. The molecule has 6 nitrogen and oxygen atoms in total. The number of hydrogen-bond acceptors (Lipinski definition) is 5. The van der Waals surface area contributed by atoms with Crippen molar-refractivity contribution in [2.75, 3.05) is 13.2 Å². The molecular formula is C32H43FN2O4. The second kappa shape index (κ2) is 11.9. The number of halogens is 1. The number of nitrogens with zero attached hydrogens (tertiary/aromatic N) is 2. The van der Waals surface area contributed by atoms with E-state index >= 15 is 0 Å². The third-order valence-corrected chi connectivity index (χ3v) is 7.25. The van der Waals surface area contributed by atoms with E-state index in [1.807, 2.05) is 44.7 Å². The lowest BCUT2D eigenvalue weighted by molar-refractivity contribution is -0.144. The molecule has 1 atom stereocenters. The zero-order valence-electron chi connectivity index (χ0n) is 24.9. The third kappa shape index (κ3) is 6.68. The Morgan fingerprint density at radius 3 is 2.46 bits per heavy atom. The number of amides is 1. The summed E-state index contributed by atoms with van der Waals surface area (Å²) in [5.41, 5.74) is 3.19. The maximum atomic E-state index is 14.3. The molecule has 1 amide bonds. The molecule has 0 aliphatic carbocycles. The monoisotopic (exact) mass is 538 g/mol. The highest BCUT2D eigenvalue weighted by molar-refractivity contribution is 5.97. The fraction of sp³-hybridized carbons (Fsp3) is 0.531. The Kier molecular flexibility index (Phi) is 9.24. The van der Waals surface area contributed by atoms with E-state index in [-0.39, 0.29) is 34.8 Å². The van der Waals surface area contributed by atoms with Crippen LogP contribution in [0, 0.1) is 18.7 Å². The summed E-state index contributed by atoms with van der Waals surface area (Å²) in [6, 6.07) is 8.71. The van der Waals surface area contributed by atoms with Crippen LogP contribution in [0.15, 0.2) is 34.7 Å². The number of aromatic nitrogens is 1. The number of hydrogen-bond donors (Lipinski definition) is 0. The number of aryl methyl sites for hydroxylation is 1. The van der Waals surface area contributed by atoms with E-state index in [0.717, 1.165) is 12.0 Å². The summed E-state index contributed by atoms with van der Waals surface area (Å²) >= 11 is 0. The SMILES string of the molecule is CC.CCOC(=O)CC1CCN(C(=O)c2cc3nc(-c4ccc(C)c(F)c4)cc(C(C)(C)C)c3o2)C(C)(C)C1. The summed E-state index contributed by atoms with van der Waals surface area (Å²) in [6.07, 6.45) is 1.79. The molecule has 39 heavy (non-hydrogen) atoms. The summed E-state index contributed by atoms with van der Waals surface area (Å²) < 4.78 is 25.6. The van der Waals surface area contributed by atoms with Crippen LogP contribution >= 0.6 is 0 Å². The molecule has 1 aliphatic rings. The first-order valence-corrected chi connectivity index (χ1v) is 14.0. The molecule has 3 heterocycles. The van der Waals surface area contributed by atoms with Crippen molar-refractivity contribution in [3.05, 3.63) is 53.0 Å². The Balaban J connectivity index is 0.00000205. The molecule has 2 aromatic heterocycles. The van der Waals surface area contributed by atoms with Crippen molar-refractivity contribution in [2.45, 2.75) is 92.5 Å². The maximum absolute atomic E-state index is 14.3. The minimum absolute atomic E-state index is 0.167. The van der Waals surface area contributed by atoms with Crippen LogP contribution in [0.4, 0.5) is 4.39 Å². The summed E-state index contributed by atoms with van der Waals surface area (Å²) in [5, 5.41) is 0. The summed E-state index contributed by atoms with van der Waals surface area (Å²) in [4.78, 5) is 32.3. The summed E-state index contributed by atoms with van der Waals surface area (Å²) in [7, 11) is 0. The number of furan rings is 1. The van der Waals surface area contributed by atoms with Crippen LogP contribution < -0.4 is 0 Å². The molecule has 0 saturated carbocycles. The van der Waals surface area contributed by atoms with Gasteiger partial charge in [0.2, 0.25) is 0 Å². The lowest BCUT2D eigenvalue weighted by Crippen LogP contribution is -2.53. The molecule has 1 fully saturated rings. The number of carbonyl (C=O) groups excluding carboxylic acids is 2. The van der Waals surface area contributed by atoms with Crippen LogP contribution in [0.3, 0.4) is 0 Å². The number of likely N-dealkylation sites (tertiary alicyclic amines) is 1. The number of esters is 1. The number of carbonyl (C=O) groups is 2. The van der Waals surface area contributed by atoms with Crippen molar-refractivity contribution < 1.29 is 23.1 Å². The molecule has 1 unspecified atom stereocenters. The number of piperidine rings is 1. The second-order valence-corrected chi connectivity index (χ2v) is 11.7. The number of benzene rings is 1. The van der Waals surface area contributed by atoms with Crippen LogP contribution in [0.1, 0.15) is 96.3 Å². The Morgan fingerprint density at radius 1 is 1.18 bits per heavy atom. The Morgan fingerprint density at radius 2 is 1.87 bits per heavy atom. The van der Waals surface area contributed by atoms with E-state index in [1.165, 1.54) is 6.07 Å². The molecule has 0 radical (unpaired) electrons. The molecule has 1 aliphatic heterocycles. The van der Waals surface area contributed by atoms with Gasteiger partial charge in [-0.05, 0) is 69.6 Å². The molecule has 4 rings (SSSR count). The zero-order chi connectivity index (χ0) is 29.1. The maximum Gasteiger partial charge on any atom is 0.306 e. The molecule has 0 bridgehead atoms. The molecule has 0 N–H and O–H groups in total. The minimum Gasteiger partial charge on any atom is -0.466 e. The Labute approximate surface area is 231 Å². The van der Waals surface area contributed by atoms with Gasteiger partial charge in [0.1, 0.15) is 11.3 Å². The van der Waals surface area contributed by atoms with Crippen molar-refractivity contribution in [1.29, 1.82) is 0 Å². The van der Waals surface area contributed by atoms with Gasteiger partial charge in [0.15, 0.2) is 11.3 Å². The predicted octanol–water partition coefficient (Wildman–Crippen LogP) is 7.85. The van der Waals surface area contributed by atoms with Crippen LogP contribution in [0.5, 0.6) is 0 Å². The fourth-order valence-electron chi connectivity index (χ4n) is 5.26. The Bertz CT molecular complexity index is 1340. The molecule has 1 aromatic carbocycles. The topological polar surface area (TPSA) is 72.6 Å². The average Bonchev–Trinajstić information content (AvgIpc) is 3.29. The molecular weight excluding hydrogens is 495 g/mol. The van der Waals surface area contributed by atoms with Gasteiger partial charge in [-0.3, -0.25) is 9.59 Å². The highest BCUT2D eigenvalue weighted by Crippen LogP contribution is 2.38. The largest absolute Gasteiger partial charge is 0.466 e. The number of fused-ring (bicyclic) bond motifs is 1. The first-order valence-electron chi connectivity index (χ1n) is 14.0. The van der Waals surface area contributed by atoms with Crippen LogP contribution in [0.25, 0.3) is 22.4 Å². The minimum atomic E-state index is -0.448. The highest BCUT2D eigenvalue weighted by Gasteiger charge is 2.40. The van der Waals surface area contributed by atoms with Crippen LogP contribution in [-0.2, 0) is 14.9 Å². The zero-order valence-corrected chi connectivity index (χ0v) is 24.9. The van der Waals surface area contributed by atoms with E-state index in [2.05, 4.69) is 20.8 Å². The molecule has 0 spiro atoms. The van der Waals surface area contributed by atoms with E-state index in [0.29, 0.717) is 53.9 Å². The summed E-state index contributed by atoms with van der Waals surface area (Å²) in [5.74, 6) is -0.267. The standard InChI is InChI=1S/C30H37FN2O4.C2H6/c1-8-36-26(34)13-19-11-12-33(30(6,7)17-19)28(35)25-16-24-27(37-25)21(29(3,4)5)15-23(32-24)20-10-9-18(2)22(31)14-20;1-2/h9-10,14-16,19H,8,11-13,17H2,1-7H3;1-2H3. The van der Waals surface area contributed by atoms with Crippen molar-refractivity contribution in [2.24, 2.45) is 5.92 Å². The first-order chi connectivity index (χ1) is 18.3. The average molecular weight is 539 g/mol. The number of pyridine rings is 1. The summed E-state index contributed by atoms with van der Waals surface area (Å²) in [6.45, 7) is 18.7. The smallest absolute Gasteiger partial charge is 0.306 e. The van der Waals surface area contributed by atoms with Gasteiger partial charge < -0.3 is 14.1 Å². The quantitative estimate of drug-likeness (QED) is 0.309. The van der Waals surface area contributed by atoms with Gasteiger partial charge in [-0.15, -0.1) is 0 Å². The molecule has 212 valence electrons. The van der Waals surface area contributed by atoms with Crippen molar-refractivity contribution in [1.82, 2.24) is 9.88 Å².